The molecule has 1 aromatic heterocycles. The normalized spacial score (nSPS) is 22.8. The maximum atomic E-state index is 13.5. The Labute approximate surface area is 202 Å². The van der Waals surface area contributed by atoms with Crippen LogP contribution in [0.5, 0.6) is 0 Å². The van der Waals surface area contributed by atoms with Gasteiger partial charge in [-0.25, -0.2) is 8.78 Å². The smallest absolute Gasteiger partial charge is 0.370 e. The van der Waals surface area contributed by atoms with Gasteiger partial charge in [0.1, 0.15) is 5.78 Å². The first-order chi connectivity index (χ1) is 16.6. The molecule has 3 heterocycles. The average Bonchev–Trinajstić information content (AvgIpc) is 2.78. The third-order valence-corrected chi connectivity index (χ3v) is 7.28. The van der Waals surface area contributed by atoms with Crippen LogP contribution in [0.25, 0.3) is 10.9 Å². The summed E-state index contributed by atoms with van der Waals surface area (Å²) in [7, 11) is 0. The lowest BCUT2D eigenvalue weighted by atomic mass is 9.83. The number of nitrogens with zero attached hydrogens (tertiary/aromatic N) is 3. The number of ketones is 1. The van der Waals surface area contributed by atoms with E-state index in [2.05, 4.69) is 16.8 Å². The zero-order chi connectivity index (χ0) is 25.2. The quantitative estimate of drug-likeness (QED) is 0.437. The number of fused-ring (bicyclic) bond motifs is 1. The number of benzene rings is 1. The second kappa shape index (κ2) is 10.8. The number of pyridine rings is 1. The maximum absolute atomic E-state index is 13.5. The number of likely N-dealkylation sites (tertiary alicyclic amines) is 1. The second-order valence-electron chi connectivity index (χ2n) is 10.2. The lowest BCUT2D eigenvalue weighted by molar-refractivity contribution is -0.136. The summed E-state index contributed by atoms with van der Waals surface area (Å²) in [6.07, 6.45) is -2.11. The minimum absolute atomic E-state index is 0.0541. The first-order valence-electron chi connectivity index (χ1n) is 12.3. The van der Waals surface area contributed by atoms with E-state index in [1.165, 1.54) is 12.3 Å². The topological polar surface area (TPSA) is 36.4 Å². The van der Waals surface area contributed by atoms with Crippen LogP contribution in [0.3, 0.4) is 0 Å². The molecular formula is C26H32F5N3O. The zero-order valence-corrected chi connectivity index (χ0v) is 19.9. The number of Topliss-reactive ketones (excluding diaryl/α,β-unsaturated/α-hetero) is 1. The standard InChI is InChI=1S/C26H32F5N3O/c1-17-11-19(13-20(35)12-18-6-9-33(10-7-18)16-24(27)28)15-34(14-17)23-5-4-22(26(29,30)31)25-21(23)3-2-8-32-25/h2-5,8,17-19,24H,6-7,9-16H2,1H3/t17-,19-/m0/s1. The molecule has 2 saturated heterocycles. The van der Waals surface area contributed by atoms with Crippen molar-refractivity contribution in [3.05, 3.63) is 36.0 Å². The summed E-state index contributed by atoms with van der Waals surface area (Å²) in [6, 6.07) is 5.95. The lowest BCUT2D eigenvalue weighted by Gasteiger charge is -2.38. The van der Waals surface area contributed by atoms with Crippen molar-refractivity contribution in [2.75, 3.05) is 37.6 Å². The first kappa shape index (κ1) is 25.8. The van der Waals surface area contributed by atoms with E-state index >= 15 is 0 Å². The highest BCUT2D eigenvalue weighted by molar-refractivity contribution is 5.94. The third kappa shape index (κ3) is 6.48. The zero-order valence-electron chi connectivity index (χ0n) is 19.9. The molecule has 4 rings (SSSR count). The molecule has 0 spiro atoms. The number of carbonyl (C=O) groups is 1. The van der Waals surface area contributed by atoms with Gasteiger partial charge >= 0.3 is 6.18 Å². The van der Waals surface area contributed by atoms with Crippen LogP contribution in [0.4, 0.5) is 27.6 Å². The molecule has 0 radical (unpaired) electrons. The van der Waals surface area contributed by atoms with Crippen molar-refractivity contribution in [2.24, 2.45) is 17.8 Å². The van der Waals surface area contributed by atoms with E-state index < -0.39 is 18.2 Å². The summed E-state index contributed by atoms with van der Waals surface area (Å²) >= 11 is 0. The molecule has 0 bridgehead atoms. The van der Waals surface area contributed by atoms with Gasteiger partial charge in [-0.05, 0) is 74.4 Å². The van der Waals surface area contributed by atoms with Gasteiger partial charge in [0, 0.05) is 43.2 Å². The van der Waals surface area contributed by atoms with Crippen LogP contribution in [0.2, 0.25) is 0 Å². The molecule has 0 saturated carbocycles. The Morgan fingerprint density at radius 3 is 2.49 bits per heavy atom. The van der Waals surface area contributed by atoms with Crippen LogP contribution >= 0.6 is 0 Å². The molecule has 2 aliphatic heterocycles. The fourth-order valence-corrected chi connectivity index (χ4v) is 5.78. The Hall–Kier alpha value is -2.29. The summed E-state index contributed by atoms with van der Waals surface area (Å²) in [4.78, 5) is 20.8. The van der Waals surface area contributed by atoms with E-state index in [1.54, 1.807) is 17.0 Å². The minimum atomic E-state index is -4.48. The molecular weight excluding hydrogens is 465 g/mol. The number of halogens is 5. The van der Waals surface area contributed by atoms with Crippen molar-refractivity contribution in [1.82, 2.24) is 9.88 Å². The van der Waals surface area contributed by atoms with Gasteiger partial charge < -0.3 is 4.90 Å². The Balaban J connectivity index is 1.41. The number of hydrogen-bond acceptors (Lipinski definition) is 4. The van der Waals surface area contributed by atoms with Crippen LogP contribution in [-0.2, 0) is 11.0 Å². The van der Waals surface area contributed by atoms with Crippen molar-refractivity contribution >= 4 is 22.4 Å². The molecule has 4 nitrogen and oxygen atoms in total. The number of anilines is 1. The molecule has 35 heavy (non-hydrogen) atoms. The SMILES string of the molecule is C[C@H]1C[C@@H](CC(=O)CC2CCN(CC(F)F)CC2)CN(c2ccc(C(F)(F)F)c3ncccc23)C1. The molecule has 192 valence electrons. The summed E-state index contributed by atoms with van der Waals surface area (Å²) in [6.45, 7) is 4.43. The highest BCUT2D eigenvalue weighted by Gasteiger charge is 2.35. The van der Waals surface area contributed by atoms with Crippen molar-refractivity contribution in [1.29, 1.82) is 0 Å². The summed E-state index contributed by atoms with van der Waals surface area (Å²) in [5.74, 6) is 0.848. The maximum Gasteiger partial charge on any atom is 0.418 e. The van der Waals surface area contributed by atoms with Crippen molar-refractivity contribution in [3.63, 3.8) is 0 Å². The van der Waals surface area contributed by atoms with Crippen molar-refractivity contribution in [3.8, 4) is 0 Å². The predicted octanol–water partition coefficient (Wildman–Crippen LogP) is 6.04. The Bertz CT molecular complexity index is 1020. The molecule has 2 atom stereocenters. The molecule has 1 aromatic carbocycles. The lowest BCUT2D eigenvalue weighted by Crippen LogP contribution is -2.41. The number of piperidine rings is 2. The highest BCUT2D eigenvalue weighted by Crippen LogP contribution is 2.39. The number of hydrogen-bond donors (Lipinski definition) is 0. The van der Waals surface area contributed by atoms with Crippen molar-refractivity contribution < 1.29 is 26.7 Å². The average molecular weight is 498 g/mol. The fourth-order valence-electron chi connectivity index (χ4n) is 5.78. The molecule has 0 unspecified atom stereocenters. The Morgan fingerprint density at radius 1 is 1.09 bits per heavy atom. The van der Waals surface area contributed by atoms with Gasteiger partial charge in [-0.1, -0.05) is 6.92 Å². The molecule has 2 fully saturated rings. The minimum Gasteiger partial charge on any atom is -0.370 e. The third-order valence-electron chi connectivity index (χ3n) is 7.28. The van der Waals surface area contributed by atoms with Gasteiger partial charge in [0.25, 0.3) is 6.43 Å². The van der Waals surface area contributed by atoms with E-state index in [9.17, 15) is 26.7 Å². The van der Waals surface area contributed by atoms with E-state index in [-0.39, 0.29) is 29.7 Å². The monoisotopic (exact) mass is 497 g/mol. The first-order valence-corrected chi connectivity index (χ1v) is 12.3. The van der Waals surface area contributed by atoms with Crippen LogP contribution in [0.15, 0.2) is 30.5 Å². The number of carbonyl (C=O) groups excluding carboxylic acids is 1. The molecule has 2 aliphatic rings. The number of aromatic nitrogens is 1. The van der Waals surface area contributed by atoms with Gasteiger partial charge in [-0.2, -0.15) is 13.2 Å². The van der Waals surface area contributed by atoms with Gasteiger partial charge in [0.15, 0.2) is 0 Å². The van der Waals surface area contributed by atoms with Crippen LogP contribution in [0.1, 0.15) is 44.6 Å². The number of rotatable bonds is 7. The van der Waals surface area contributed by atoms with Gasteiger partial charge in [-0.3, -0.25) is 14.7 Å². The van der Waals surface area contributed by atoms with Gasteiger partial charge in [0.2, 0.25) is 0 Å². The largest absolute Gasteiger partial charge is 0.418 e. The van der Waals surface area contributed by atoms with E-state index in [0.29, 0.717) is 50.3 Å². The summed E-state index contributed by atoms with van der Waals surface area (Å²) < 4.78 is 65.7. The van der Waals surface area contributed by atoms with Gasteiger partial charge in [0.05, 0.1) is 17.6 Å². The highest BCUT2D eigenvalue weighted by atomic mass is 19.4. The van der Waals surface area contributed by atoms with E-state index in [4.69, 9.17) is 0 Å². The Kier molecular flexibility index (Phi) is 7.93. The number of alkyl halides is 5. The summed E-state index contributed by atoms with van der Waals surface area (Å²) in [5.41, 5.74) is -0.0775. The van der Waals surface area contributed by atoms with Gasteiger partial charge in [-0.15, -0.1) is 0 Å². The van der Waals surface area contributed by atoms with Crippen LogP contribution in [-0.4, -0.2) is 54.8 Å². The fraction of sp³-hybridized carbons (Fsp3) is 0.615. The predicted molar refractivity (Wildman–Crippen MR) is 126 cm³/mol. The molecule has 0 N–H and O–H groups in total. The van der Waals surface area contributed by atoms with Crippen molar-refractivity contribution in [2.45, 2.75) is 51.6 Å². The Morgan fingerprint density at radius 2 is 1.80 bits per heavy atom. The molecule has 2 aromatic rings. The summed E-state index contributed by atoms with van der Waals surface area (Å²) in [5, 5.41) is 0.469. The van der Waals surface area contributed by atoms with E-state index in [0.717, 1.165) is 31.0 Å². The van der Waals surface area contributed by atoms with E-state index in [1.807, 2.05) is 0 Å². The molecule has 0 aliphatic carbocycles. The molecule has 9 heteroatoms. The molecule has 0 amide bonds. The van der Waals surface area contributed by atoms with Crippen LogP contribution < -0.4 is 4.90 Å². The second-order valence-corrected chi connectivity index (χ2v) is 10.2. The van der Waals surface area contributed by atoms with Crippen LogP contribution in [0, 0.1) is 17.8 Å².